The van der Waals surface area contributed by atoms with Crippen molar-refractivity contribution in [1.29, 1.82) is 0 Å². The van der Waals surface area contributed by atoms with Gasteiger partial charge >= 0.3 is 0 Å². The summed E-state index contributed by atoms with van der Waals surface area (Å²) in [5.74, 6) is 1.28. The normalized spacial score (nSPS) is 27.0. The van der Waals surface area contributed by atoms with Crippen LogP contribution in [0.2, 0.25) is 0 Å². The first-order valence-electron chi connectivity index (χ1n) is 7.08. The lowest BCUT2D eigenvalue weighted by atomic mass is 9.88. The molecule has 1 N–H and O–H groups in total. The highest BCUT2D eigenvalue weighted by atomic mass is 32.2. The lowest BCUT2D eigenvalue weighted by Crippen LogP contribution is -2.64. The van der Waals surface area contributed by atoms with Gasteiger partial charge in [0.2, 0.25) is 0 Å². The number of hydrogen-bond donors (Lipinski definition) is 1. The van der Waals surface area contributed by atoms with Crippen molar-refractivity contribution in [3.8, 4) is 0 Å². The second kappa shape index (κ2) is 7.01. The maximum atomic E-state index is 3.78. The van der Waals surface area contributed by atoms with Gasteiger partial charge in [-0.1, -0.05) is 13.8 Å². The van der Waals surface area contributed by atoms with Crippen molar-refractivity contribution in [1.82, 2.24) is 10.2 Å². The zero-order valence-corrected chi connectivity index (χ0v) is 13.1. The molecule has 0 aromatic heterocycles. The zero-order chi connectivity index (χ0) is 12.9. The van der Waals surface area contributed by atoms with Crippen LogP contribution in [0.5, 0.6) is 0 Å². The molecule has 1 rings (SSSR count). The van der Waals surface area contributed by atoms with Gasteiger partial charge in [-0.3, -0.25) is 4.90 Å². The summed E-state index contributed by atoms with van der Waals surface area (Å²) in [7, 11) is 0. The molecule has 0 spiro atoms. The Kier molecular flexibility index (Phi) is 6.32. The van der Waals surface area contributed by atoms with Gasteiger partial charge in [0.25, 0.3) is 0 Å². The predicted molar refractivity (Wildman–Crippen MR) is 79.9 cm³/mol. The highest BCUT2D eigenvalue weighted by molar-refractivity contribution is 7.98. The van der Waals surface area contributed by atoms with Crippen LogP contribution in [-0.4, -0.2) is 47.6 Å². The van der Waals surface area contributed by atoms with Gasteiger partial charge in [-0.15, -0.1) is 0 Å². The third kappa shape index (κ3) is 3.87. The summed E-state index contributed by atoms with van der Waals surface area (Å²) in [6.07, 6.45) is 6.00. The molecule has 1 aliphatic rings. The fourth-order valence-corrected chi connectivity index (χ4v) is 3.39. The van der Waals surface area contributed by atoms with E-state index >= 15 is 0 Å². The van der Waals surface area contributed by atoms with E-state index in [0.29, 0.717) is 11.6 Å². The Labute approximate surface area is 112 Å². The Morgan fingerprint density at radius 1 is 1.41 bits per heavy atom. The second-order valence-electron chi connectivity index (χ2n) is 5.52. The zero-order valence-electron chi connectivity index (χ0n) is 12.3. The standard InChI is InChI=1S/C14H30N2S/c1-6-14(7-2)11-16(13(4)10-15-14)12(3)8-9-17-5/h12-13,15H,6-11H2,1-5H3. The van der Waals surface area contributed by atoms with Crippen molar-refractivity contribution in [3.05, 3.63) is 0 Å². The fraction of sp³-hybridized carbons (Fsp3) is 1.00. The minimum Gasteiger partial charge on any atom is -0.308 e. The van der Waals surface area contributed by atoms with Crippen LogP contribution < -0.4 is 5.32 Å². The third-order valence-electron chi connectivity index (χ3n) is 4.48. The molecule has 1 fully saturated rings. The van der Waals surface area contributed by atoms with Crippen LogP contribution in [-0.2, 0) is 0 Å². The maximum Gasteiger partial charge on any atom is 0.0304 e. The highest BCUT2D eigenvalue weighted by Gasteiger charge is 2.36. The first kappa shape index (κ1) is 15.3. The largest absolute Gasteiger partial charge is 0.308 e. The molecular weight excluding hydrogens is 228 g/mol. The van der Waals surface area contributed by atoms with E-state index in [-0.39, 0.29) is 0 Å². The molecule has 0 saturated carbocycles. The molecule has 0 bridgehead atoms. The van der Waals surface area contributed by atoms with Crippen molar-refractivity contribution in [2.75, 3.05) is 25.1 Å². The molecule has 0 aromatic rings. The van der Waals surface area contributed by atoms with E-state index in [1.165, 1.54) is 31.6 Å². The SMILES string of the molecule is CCC1(CC)CN(C(C)CCSC)C(C)CN1. The van der Waals surface area contributed by atoms with Gasteiger partial charge in [0, 0.05) is 30.7 Å². The molecule has 0 amide bonds. The summed E-state index contributed by atoms with van der Waals surface area (Å²) in [6.45, 7) is 11.8. The Balaban J connectivity index is 2.62. The number of thioether (sulfide) groups is 1. The first-order chi connectivity index (χ1) is 8.08. The van der Waals surface area contributed by atoms with E-state index in [1.54, 1.807) is 0 Å². The quantitative estimate of drug-likeness (QED) is 0.788. The van der Waals surface area contributed by atoms with Crippen molar-refractivity contribution in [2.45, 2.75) is 64.6 Å². The average molecular weight is 258 g/mol. The molecule has 1 saturated heterocycles. The molecule has 2 atom stereocenters. The summed E-state index contributed by atoms with van der Waals surface area (Å²) < 4.78 is 0. The van der Waals surface area contributed by atoms with Crippen LogP contribution in [0.15, 0.2) is 0 Å². The summed E-state index contributed by atoms with van der Waals surface area (Å²) in [4.78, 5) is 2.72. The van der Waals surface area contributed by atoms with E-state index in [9.17, 15) is 0 Å². The second-order valence-corrected chi connectivity index (χ2v) is 6.51. The van der Waals surface area contributed by atoms with Crippen molar-refractivity contribution in [3.63, 3.8) is 0 Å². The van der Waals surface area contributed by atoms with Gasteiger partial charge in [-0.2, -0.15) is 11.8 Å². The number of hydrogen-bond acceptors (Lipinski definition) is 3. The Bertz CT molecular complexity index is 216. The highest BCUT2D eigenvalue weighted by Crippen LogP contribution is 2.25. The van der Waals surface area contributed by atoms with Crippen LogP contribution in [0, 0.1) is 0 Å². The topological polar surface area (TPSA) is 15.3 Å². The van der Waals surface area contributed by atoms with Gasteiger partial charge in [-0.25, -0.2) is 0 Å². The molecule has 3 heteroatoms. The van der Waals surface area contributed by atoms with Gasteiger partial charge in [0.1, 0.15) is 0 Å². The Morgan fingerprint density at radius 3 is 2.59 bits per heavy atom. The first-order valence-corrected chi connectivity index (χ1v) is 8.47. The van der Waals surface area contributed by atoms with Crippen molar-refractivity contribution >= 4 is 11.8 Å². The molecule has 0 aromatic carbocycles. The molecule has 2 nitrogen and oxygen atoms in total. The molecule has 0 aliphatic carbocycles. The summed E-state index contributed by atoms with van der Waals surface area (Å²) in [6, 6.07) is 1.40. The molecule has 2 unspecified atom stereocenters. The number of rotatable bonds is 6. The summed E-state index contributed by atoms with van der Waals surface area (Å²) in [5, 5.41) is 3.78. The number of nitrogens with one attached hydrogen (secondary N) is 1. The van der Waals surface area contributed by atoms with E-state index in [4.69, 9.17) is 0 Å². The van der Waals surface area contributed by atoms with Crippen LogP contribution in [0.3, 0.4) is 0 Å². The van der Waals surface area contributed by atoms with Gasteiger partial charge < -0.3 is 5.32 Å². The minimum atomic E-state index is 0.361. The van der Waals surface area contributed by atoms with Crippen molar-refractivity contribution in [2.24, 2.45) is 0 Å². The number of nitrogens with zero attached hydrogens (tertiary/aromatic N) is 1. The number of piperazine rings is 1. The molecule has 1 heterocycles. The minimum absolute atomic E-state index is 0.361. The smallest absolute Gasteiger partial charge is 0.0304 e. The lowest BCUT2D eigenvalue weighted by molar-refractivity contribution is 0.0492. The summed E-state index contributed by atoms with van der Waals surface area (Å²) >= 11 is 1.96. The van der Waals surface area contributed by atoms with Crippen LogP contribution in [0.1, 0.15) is 47.0 Å². The Morgan fingerprint density at radius 2 is 2.06 bits per heavy atom. The maximum absolute atomic E-state index is 3.78. The van der Waals surface area contributed by atoms with Crippen LogP contribution >= 0.6 is 11.8 Å². The summed E-state index contributed by atoms with van der Waals surface area (Å²) in [5.41, 5.74) is 0.361. The van der Waals surface area contributed by atoms with Gasteiger partial charge in [-0.05, 0) is 45.1 Å². The van der Waals surface area contributed by atoms with Gasteiger partial charge in [0.15, 0.2) is 0 Å². The van der Waals surface area contributed by atoms with Gasteiger partial charge in [0.05, 0.1) is 0 Å². The lowest BCUT2D eigenvalue weighted by Gasteiger charge is -2.49. The van der Waals surface area contributed by atoms with E-state index in [0.717, 1.165) is 12.6 Å². The molecule has 1 aliphatic heterocycles. The third-order valence-corrected chi connectivity index (χ3v) is 5.13. The molecule has 102 valence electrons. The Hall–Kier alpha value is 0.270. The van der Waals surface area contributed by atoms with Crippen LogP contribution in [0.25, 0.3) is 0 Å². The van der Waals surface area contributed by atoms with E-state index < -0.39 is 0 Å². The van der Waals surface area contributed by atoms with E-state index in [2.05, 4.69) is 44.2 Å². The average Bonchev–Trinajstić information content (AvgIpc) is 2.37. The molecule has 0 radical (unpaired) electrons. The van der Waals surface area contributed by atoms with E-state index in [1.807, 2.05) is 11.8 Å². The predicted octanol–water partition coefficient (Wildman–Crippen LogP) is 2.98. The fourth-order valence-electron chi connectivity index (χ4n) is 2.81. The van der Waals surface area contributed by atoms with Crippen LogP contribution in [0.4, 0.5) is 0 Å². The monoisotopic (exact) mass is 258 g/mol. The molecule has 17 heavy (non-hydrogen) atoms. The molecular formula is C14H30N2S. The van der Waals surface area contributed by atoms with Crippen molar-refractivity contribution < 1.29 is 0 Å².